The molecule has 0 aliphatic heterocycles. The van der Waals surface area contributed by atoms with Gasteiger partial charge in [0.1, 0.15) is 0 Å². The van der Waals surface area contributed by atoms with Crippen molar-refractivity contribution in [3.05, 3.63) is 29.3 Å². The van der Waals surface area contributed by atoms with Gasteiger partial charge in [-0.3, -0.25) is 4.79 Å². The van der Waals surface area contributed by atoms with Crippen LogP contribution in [0, 0.1) is 5.92 Å². The van der Waals surface area contributed by atoms with E-state index >= 15 is 0 Å². The van der Waals surface area contributed by atoms with E-state index in [0.29, 0.717) is 30.0 Å². The second-order valence-corrected chi connectivity index (χ2v) is 6.47. The van der Waals surface area contributed by atoms with Crippen LogP contribution in [0.25, 0.3) is 0 Å². The van der Waals surface area contributed by atoms with Crippen molar-refractivity contribution in [2.24, 2.45) is 11.1 Å². The van der Waals surface area contributed by atoms with Gasteiger partial charge < -0.3 is 5.32 Å². The van der Waals surface area contributed by atoms with Crippen LogP contribution >= 0.6 is 0 Å². The minimum Gasteiger partial charge on any atom is -0.352 e. The maximum atomic E-state index is 12.0. The van der Waals surface area contributed by atoms with E-state index in [1.54, 1.807) is 12.1 Å². The van der Waals surface area contributed by atoms with Crippen molar-refractivity contribution in [2.45, 2.75) is 38.5 Å². The van der Waals surface area contributed by atoms with Gasteiger partial charge in [-0.05, 0) is 30.0 Å². The Hall–Kier alpha value is -1.40. The fourth-order valence-corrected chi connectivity index (χ4v) is 2.64. The molecule has 0 saturated heterocycles. The Bertz CT molecular complexity index is 582. The average Bonchev–Trinajstić information content (AvgIpc) is 2.42. The number of carbonyl (C=O) groups is 1. The summed E-state index contributed by atoms with van der Waals surface area (Å²) in [6, 6.07) is 4.61. The summed E-state index contributed by atoms with van der Waals surface area (Å²) in [4.78, 5) is 12.0. The second kappa shape index (κ2) is 6.85. The van der Waals surface area contributed by atoms with E-state index in [2.05, 4.69) is 5.32 Å². The highest BCUT2D eigenvalue weighted by atomic mass is 32.2. The lowest BCUT2D eigenvalue weighted by molar-refractivity contribution is 0.0947. The van der Waals surface area contributed by atoms with Gasteiger partial charge in [-0.2, -0.15) is 0 Å². The molecule has 1 unspecified atom stereocenters. The molecule has 0 saturated carbocycles. The van der Waals surface area contributed by atoms with Gasteiger partial charge in [0.05, 0.1) is 4.90 Å². The monoisotopic (exact) mass is 298 g/mol. The molecule has 0 bridgehead atoms. The lowest BCUT2D eigenvalue weighted by Crippen LogP contribution is -2.28. The molecule has 1 aromatic rings. The number of hydrogen-bond donors (Lipinski definition) is 2. The first-order valence-electron chi connectivity index (χ1n) is 6.73. The summed E-state index contributed by atoms with van der Waals surface area (Å²) in [6.45, 7) is 6.49. The van der Waals surface area contributed by atoms with E-state index in [1.807, 2.05) is 20.8 Å². The molecular formula is C14H22N2O3S. The predicted octanol–water partition coefficient (Wildman–Crippen LogP) is 1.67. The van der Waals surface area contributed by atoms with Crippen LogP contribution in [0.15, 0.2) is 23.1 Å². The number of amides is 1. The van der Waals surface area contributed by atoms with Gasteiger partial charge in [0.25, 0.3) is 5.91 Å². The van der Waals surface area contributed by atoms with Gasteiger partial charge in [0, 0.05) is 12.1 Å². The zero-order valence-corrected chi connectivity index (χ0v) is 13.0. The highest BCUT2D eigenvalue weighted by molar-refractivity contribution is 7.89. The number of aryl methyl sites for hydroxylation is 1. The van der Waals surface area contributed by atoms with Crippen LogP contribution < -0.4 is 10.5 Å². The third-order valence-electron chi connectivity index (χ3n) is 3.32. The zero-order valence-electron chi connectivity index (χ0n) is 12.1. The molecule has 3 N–H and O–H groups in total. The summed E-state index contributed by atoms with van der Waals surface area (Å²) in [7, 11) is -3.82. The number of rotatable bonds is 6. The number of sulfonamides is 1. The first-order chi connectivity index (χ1) is 9.29. The van der Waals surface area contributed by atoms with Gasteiger partial charge in [0.15, 0.2) is 0 Å². The van der Waals surface area contributed by atoms with Crippen molar-refractivity contribution >= 4 is 15.9 Å². The summed E-state index contributed by atoms with van der Waals surface area (Å²) in [6.07, 6.45) is 1.51. The number of benzene rings is 1. The average molecular weight is 298 g/mol. The van der Waals surface area contributed by atoms with Crippen molar-refractivity contribution < 1.29 is 13.2 Å². The molecule has 20 heavy (non-hydrogen) atoms. The van der Waals surface area contributed by atoms with E-state index < -0.39 is 10.0 Å². The number of nitrogens with one attached hydrogen (secondary N) is 1. The molecule has 0 aliphatic rings. The molecule has 0 radical (unpaired) electrons. The molecular weight excluding hydrogens is 276 g/mol. The first-order valence-corrected chi connectivity index (χ1v) is 8.28. The molecule has 0 aliphatic carbocycles. The highest BCUT2D eigenvalue weighted by Gasteiger charge is 2.16. The molecule has 1 amide bonds. The van der Waals surface area contributed by atoms with E-state index in [9.17, 15) is 13.2 Å². The Balaban J connectivity index is 3.00. The molecule has 0 fully saturated rings. The van der Waals surface area contributed by atoms with E-state index in [0.717, 1.165) is 6.42 Å². The standard InChI is InChI=1S/C14H22N2O3S/c1-4-10(3)9-16-14(17)12-7-6-11(5-2)13(8-12)20(15,18)19/h6-8,10H,4-5,9H2,1-3H3,(H,16,17)(H2,15,18,19). The van der Waals surface area contributed by atoms with Crippen LogP contribution in [-0.2, 0) is 16.4 Å². The van der Waals surface area contributed by atoms with Gasteiger partial charge in [0.2, 0.25) is 10.0 Å². The molecule has 0 spiro atoms. The third kappa shape index (κ3) is 4.31. The van der Waals surface area contributed by atoms with Gasteiger partial charge in [-0.1, -0.05) is 33.3 Å². The number of primary sulfonamides is 1. The second-order valence-electron chi connectivity index (χ2n) is 4.94. The van der Waals surface area contributed by atoms with Gasteiger partial charge >= 0.3 is 0 Å². The first kappa shape index (κ1) is 16.7. The molecule has 5 nitrogen and oxygen atoms in total. The molecule has 1 aromatic carbocycles. The third-order valence-corrected chi connectivity index (χ3v) is 4.32. The van der Waals surface area contributed by atoms with Crippen LogP contribution in [0.3, 0.4) is 0 Å². The number of hydrogen-bond acceptors (Lipinski definition) is 3. The summed E-state index contributed by atoms with van der Waals surface area (Å²) >= 11 is 0. The largest absolute Gasteiger partial charge is 0.352 e. The maximum absolute atomic E-state index is 12.0. The van der Waals surface area contributed by atoms with Gasteiger partial charge in [-0.25, -0.2) is 13.6 Å². The Morgan fingerprint density at radius 2 is 2.00 bits per heavy atom. The van der Waals surface area contributed by atoms with Crippen LogP contribution in [-0.4, -0.2) is 20.9 Å². The molecule has 112 valence electrons. The summed E-state index contributed by atoms with van der Waals surface area (Å²) in [5, 5.41) is 7.98. The number of nitrogens with two attached hydrogens (primary N) is 1. The van der Waals surface area contributed by atoms with Crippen molar-refractivity contribution in [2.75, 3.05) is 6.54 Å². The van der Waals surface area contributed by atoms with Crippen molar-refractivity contribution in [1.82, 2.24) is 5.32 Å². The van der Waals surface area contributed by atoms with Crippen LogP contribution in [0.2, 0.25) is 0 Å². The Labute approximate surface area is 120 Å². The minimum atomic E-state index is -3.82. The molecule has 0 heterocycles. The van der Waals surface area contributed by atoms with Crippen LogP contribution in [0.5, 0.6) is 0 Å². The quantitative estimate of drug-likeness (QED) is 0.837. The lowest BCUT2D eigenvalue weighted by Gasteiger charge is -2.12. The van der Waals surface area contributed by atoms with Crippen molar-refractivity contribution in [3.8, 4) is 0 Å². The Morgan fingerprint density at radius 3 is 2.50 bits per heavy atom. The fraction of sp³-hybridized carbons (Fsp3) is 0.500. The smallest absolute Gasteiger partial charge is 0.251 e. The predicted molar refractivity (Wildman–Crippen MR) is 79.0 cm³/mol. The molecule has 1 atom stereocenters. The SMILES string of the molecule is CCc1ccc(C(=O)NCC(C)CC)cc1S(N)(=O)=O. The topological polar surface area (TPSA) is 89.3 Å². The highest BCUT2D eigenvalue weighted by Crippen LogP contribution is 2.17. The number of carbonyl (C=O) groups excluding carboxylic acids is 1. The van der Waals surface area contributed by atoms with E-state index in [4.69, 9.17) is 5.14 Å². The Kier molecular flexibility index (Phi) is 5.71. The normalized spacial score (nSPS) is 13.0. The molecule has 1 rings (SSSR count). The van der Waals surface area contributed by atoms with Crippen LogP contribution in [0.4, 0.5) is 0 Å². The fourth-order valence-electron chi connectivity index (χ4n) is 1.77. The van der Waals surface area contributed by atoms with E-state index in [-0.39, 0.29) is 10.8 Å². The van der Waals surface area contributed by atoms with Crippen molar-refractivity contribution in [1.29, 1.82) is 0 Å². The summed E-state index contributed by atoms with van der Waals surface area (Å²) in [5.74, 6) is 0.101. The maximum Gasteiger partial charge on any atom is 0.251 e. The lowest BCUT2D eigenvalue weighted by atomic mass is 10.1. The molecule has 0 aromatic heterocycles. The van der Waals surface area contributed by atoms with Gasteiger partial charge in [-0.15, -0.1) is 0 Å². The summed E-state index contributed by atoms with van der Waals surface area (Å²) < 4.78 is 23.1. The summed E-state index contributed by atoms with van der Waals surface area (Å²) in [5.41, 5.74) is 0.931. The molecule has 6 heteroatoms. The minimum absolute atomic E-state index is 0.0242. The van der Waals surface area contributed by atoms with E-state index in [1.165, 1.54) is 6.07 Å². The van der Waals surface area contributed by atoms with Crippen molar-refractivity contribution in [3.63, 3.8) is 0 Å². The Morgan fingerprint density at radius 1 is 1.35 bits per heavy atom. The zero-order chi connectivity index (χ0) is 15.3. The van der Waals surface area contributed by atoms with Crippen LogP contribution in [0.1, 0.15) is 43.1 Å².